The van der Waals surface area contributed by atoms with Gasteiger partial charge in [0.15, 0.2) is 0 Å². The van der Waals surface area contributed by atoms with Crippen molar-refractivity contribution in [3.8, 4) is 0 Å². The molecule has 3 nitrogen and oxygen atoms in total. The number of carbonyl (C=O) groups excluding carboxylic acids is 1. The summed E-state index contributed by atoms with van der Waals surface area (Å²) in [6.07, 6.45) is -0.610. The zero-order chi connectivity index (χ0) is 55.5. The van der Waals surface area contributed by atoms with Gasteiger partial charge in [-0.1, -0.05) is 0 Å². The van der Waals surface area contributed by atoms with Crippen molar-refractivity contribution in [1.82, 2.24) is 0 Å². The average molecular weight is 1330 g/mol. The molecule has 0 spiro atoms. The number of carbonyl (C=O) groups is 1. The molecule has 0 aliphatic rings. The van der Waals surface area contributed by atoms with Gasteiger partial charge in [-0.05, 0) is 0 Å². The molecule has 0 bridgehead atoms. The number of hydrogen-bond acceptors (Lipinski definition) is 3. The Hall–Kier alpha value is -7.05. The van der Waals surface area contributed by atoms with Gasteiger partial charge in [-0.3, -0.25) is 0 Å². The summed E-state index contributed by atoms with van der Waals surface area (Å²) in [5.74, 6) is 0. The van der Waals surface area contributed by atoms with E-state index in [9.17, 15) is 0 Å². The molecular weight excluding hydrogens is 1260 g/mol. The summed E-state index contributed by atoms with van der Waals surface area (Å²) in [5.41, 5.74) is -14.5. The molecule has 0 aliphatic heterocycles. The minimum absolute atomic E-state index is 0.610. The normalized spacial score (nSPS) is 12.9. The van der Waals surface area contributed by atoms with E-state index in [1.807, 2.05) is 0 Å². The first kappa shape index (κ1) is 55.5. The van der Waals surface area contributed by atoms with E-state index in [2.05, 4.69) is 364 Å². The third-order valence-electron chi connectivity index (χ3n) is 14.9. The first-order valence-corrected chi connectivity index (χ1v) is 45.3. The van der Waals surface area contributed by atoms with Gasteiger partial charge in [0.25, 0.3) is 0 Å². The fraction of sp³-hybridized carbons (Fsp3) is 0. The fourth-order valence-electron chi connectivity index (χ4n) is 11.5. The molecule has 0 saturated carbocycles. The van der Waals surface area contributed by atoms with Crippen molar-refractivity contribution < 1.29 is 44.0 Å². The van der Waals surface area contributed by atoms with Crippen LogP contribution in [0.4, 0.5) is 4.79 Å². The van der Waals surface area contributed by atoms with Gasteiger partial charge < -0.3 is 0 Å². The summed E-state index contributed by atoms with van der Waals surface area (Å²) in [6, 6.07) is 133. The van der Waals surface area contributed by atoms with Gasteiger partial charge in [-0.2, -0.15) is 0 Å². The van der Waals surface area contributed by atoms with Gasteiger partial charge in [0.05, 0.1) is 0 Å². The van der Waals surface area contributed by atoms with E-state index in [1.54, 1.807) is 0 Å². The van der Waals surface area contributed by atoms with Crippen LogP contribution in [0.25, 0.3) is 0 Å². The minimum atomic E-state index is -3.64. The van der Waals surface area contributed by atoms with Crippen molar-refractivity contribution in [1.29, 1.82) is 0 Å². The van der Waals surface area contributed by atoms with Crippen LogP contribution in [0.2, 0.25) is 0 Å². The van der Waals surface area contributed by atoms with E-state index in [0.29, 0.717) is 0 Å². The van der Waals surface area contributed by atoms with Crippen LogP contribution in [-0.4, -0.2) is 6.16 Å². The molecule has 0 unspecified atom stereocenters. The number of rotatable bonds is 18. The molecule has 12 aromatic carbocycles. The zero-order valence-electron chi connectivity index (χ0n) is 45.0. The Labute approximate surface area is 495 Å². The van der Waals surface area contributed by atoms with Crippen LogP contribution >= 0.6 is 21.8 Å². The summed E-state index contributed by atoms with van der Waals surface area (Å²) >= 11 is -5.99. The third kappa shape index (κ3) is 10.1. The molecule has 0 saturated heterocycles. The molecule has 0 atom stereocenters. The molecule has 12 aromatic rings. The Morgan fingerprint density at radius 1 is 0.183 bits per heavy atom. The van der Waals surface area contributed by atoms with E-state index in [-0.39, 0.29) is 0 Å². The predicted octanol–water partition coefficient (Wildman–Crippen LogP) is 12.8. The van der Waals surface area contributed by atoms with Gasteiger partial charge in [0.1, 0.15) is 0 Å². The second kappa shape index (κ2) is 25.6. The molecule has 0 aliphatic carbocycles. The Morgan fingerprint density at radius 3 is 0.378 bits per heavy atom. The van der Waals surface area contributed by atoms with Crippen LogP contribution in [0.3, 0.4) is 0 Å². The van der Waals surface area contributed by atoms with Gasteiger partial charge >= 0.3 is 500 Å². The van der Waals surface area contributed by atoms with Crippen LogP contribution in [0.1, 0.15) is 0 Å². The second-order valence-electron chi connectivity index (χ2n) is 19.6. The van der Waals surface area contributed by atoms with Crippen LogP contribution in [0.5, 0.6) is 0 Å². The topological polar surface area (TPSA) is 35.5 Å². The van der Waals surface area contributed by atoms with E-state index in [4.69, 9.17) is 6.92 Å². The van der Waals surface area contributed by atoms with Crippen LogP contribution in [0, 0.1) is 0 Å². The van der Waals surface area contributed by atoms with Crippen molar-refractivity contribution in [2.24, 2.45) is 0 Å². The summed E-state index contributed by atoms with van der Waals surface area (Å²) in [6.45, 7) is 0. The quantitative estimate of drug-likeness (QED) is 0.0634. The molecule has 0 N–H and O–H groups in total. The van der Waals surface area contributed by atoms with Crippen molar-refractivity contribution in [3.63, 3.8) is 0 Å². The third-order valence-corrected chi connectivity index (χ3v) is 78.2. The Bertz CT molecular complexity index is 3030. The molecule has 9 heteroatoms. The zero-order valence-corrected chi connectivity index (χ0v) is 52.1. The summed E-state index contributed by atoms with van der Waals surface area (Å²) in [4.78, 5) is 17.7. The molecule has 0 heterocycles. The second-order valence-corrected chi connectivity index (χ2v) is 58.7. The van der Waals surface area contributed by atoms with Crippen LogP contribution in [-0.2, 0) is 39.2 Å². The van der Waals surface area contributed by atoms with Crippen LogP contribution < -0.4 is 63.7 Å². The molecule has 0 aromatic heterocycles. The Morgan fingerprint density at radius 2 is 0.280 bits per heavy atom. The number of hydrogen-bond donors (Lipinski definition) is 0. The molecule has 0 amide bonds. The predicted molar refractivity (Wildman–Crippen MR) is 354 cm³/mol. The molecule has 0 radical (unpaired) electrons. The van der Waals surface area contributed by atoms with Gasteiger partial charge in [0, 0.05) is 0 Å². The Kier molecular flexibility index (Phi) is 17.3. The summed E-state index contributed by atoms with van der Waals surface area (Å²) in [7, 11) is 0. The van der Waals surface area contributed by atoms with Gasteiger partial charge in [-0.15, -0.1) is 0 Å². The summed E-state index contributed by atoms with van der Waals surface area (Å²) < 4.78 is 16.8. The average Bonchev–Trinajstić information content (AvgIpc) is 3.06. The van der Waals surface area contributed by atoms with E-state index < -0.39 is 60.2 Å². The van der Waals surface area contributed by atoms with Crippen molar-refractivity contribution in [2.45, 2.75) is 0 Å². The van der Waals surface area contributed by atoms with Crippen LogP contribution in [0.15, 0.2) is 364 Å². The first-order valence-electron chi connectivity index (χ1n) is 27.4. The first-order chi connectivity index (χ1) is 40.6. The Balaban J connectivity index is 1.25. The molecule has 0 fully saturated rings. The monoisotopic (exact) mass is 1320 g/mol. The van der Waals surface area contributed by atoms with Crippen molar-refractivity contribution >= 4 is 91.6 Å². The fourth-order valence-corrected chi connectivity index (χ4v) is 92.4. The van der Waals surface area contributed by atoms with Crippen molar-refractivity contribution in [3.05, 3.63) is 364 Å². The maximum absolute atomic E-state index is 17.7. The SMILES string of the molecule is O=C([O][Pd]([PH](c1ccccc1)(c1ccccc1)c1ccccc1)[PH](c1ccccc1)(c1ccccc1)c1ccccc1)[O][Pd]([PH](c1ccccc1)(c1ccccc1)c1ccccc1)[PH](c1ccccc1)(c1ccccc1)c1ccccc1. The van der Waals surface area contributed by atoms with Gasteiger partial charge in [0.2, 0.25) is 0 Å². The number of benzene rings is 12. The molecule has 82 heavy (non-hydrogen) atoms. The van der Waals surface area contributed by atoms with Gasteiger partial charge in [-0.25, -0.2) is 0 Å². The maximum atomic E-state index is 17.7. The molecular formula is C73H64O3P4Pd2. The van der Waals surface area contributed by atoms with E-state index in [1.165, 1.54) is 63.7 Å². The standard InChI is InChI=1S/4C18H15P.CH2O3.2Pd/c4*1-4-10-16(11-5-1)19(17-12-6-2-7-13-17)18-14-8-3-9-15-18;2-1(3)4;;/h4*1-15H;(H2,2,3,4);;/q;;;;;2*-1/p+2. The molecule has 12 rings (SSSR count). The summed E-state index contributed by atoms with van der Waals surface area (Å²) in [5, 5.41) is 14.1. The van der Waals surface area contributed by atoms with E-state index >= 15 is 4.79 Å². The van der Waals surface area contributed by atoms with Crippen molar-refractivity contribution in [2.75, 3.05) is 0 Å². The molecule has 414 valence electrons. The van der Waals surface area contributed by atoms with E-state index in [0.717, 1.165) is 0 Å².